The number of urea groups is 1. The van der Waals surface area contributed by atoms with Crippen molar-refractivity contribution in [1.82, 2.24) is 0 Å². The zero-order valence-electron chi connectivity index (χ0n) is 18.2. The van der Waals surface area contributed by atoms with Crippen LogP contribution in [-0.2, 0) is 6.18 Å². The molecule has 0 aliphatic rings. The van der Waals surface area contributed by atoms with Crippen molar-refractivity contribution in [3.63, 3.8) is 0 Å². The van der Waals surface area contributed by atoms with Gasteiger partial charge in [-0.2, -0.15) is 13.2 Å². The highest BCUT2D eigenvalue weighted by molar-refractivity contribution is 6.01. The van der Waals surface area contributed by atoms with Gasteiger partial charge in [-0.1, -0.05) is 26.0 Å². The summed E-state index contributed by atoms with van der Waals surface area (Å²) in [5.41, 5.74) is 6.11. The summed E-state index contributed by atoms with van der Waals surface area (Å²) in [4.78, 5) is 12.3. The number of hydrazine groups is 1. The van der Waals surface area contributed by atoms with E-state index in [0.29, 0.717) is 23.7 Å². The van der Waals surface area contributed by atoms with Crippen molar-refractivity contribution in [3.05, 3.63) is 59.9 Å². The molecule has 0 saturated heterocycles. The van der Waals surface area contributed by atoms with Crippen LogP contribution in [0.25, 0.3) is 0 Å². The highest BCUT2D eigenvalue weighted by Gasteiger charge is 2.33. The Balaban J connectivity index is 2.14. The molecule has 0 bridgehead atoms. The minimum absolute atomic E-state index is 0.253. The predicted octanol–water partition coefficient (Wildman–Crippen LogP) is 5.27. The third-order valence-corrected chi connectivity index (χ3v) is 4.53. The average molecular weight is 451 g/mol. The zero-order chi connectivity index (χ0) is 23.9. The summed E-state index contributed by atoms with van der Waals surface area (Å²) in [5, 5.41) is 6.04. The summed E-state index contributed by atoms with van der Waals surface area (Å²) in [6.45, 7) is 4.20. The fraction of sp³-hybridized carbons (Fsp3) is 0.318. The number of hydrogen-bond acceptors (Lipinski definition) is 5. The number of carbonyl (C=O) groups excluding carboxylic acids is 1. The van der Waals surface area contributed by atoms with Gasteiger partial charge < -0.3 is 21.1 Å². The molecule has 0 heterocycles. The standard InChI is InChI=1S/C22H28F3N5O2/c1-14(2)8-9-15(26)13-30(27)16-10-11-19(20(12-16)32-3)29-21(31)28-18-7-5-4-6-17(18)22(23,24)25/h4-7,10-14H,8-9,26-27H2,1-3H3,(H2,28,29,31)/b15-13-. The maximum Gasteiger partial charge on any atom is 0.418 e. The van der Waals surface area contributed by atoms with Crippen LogP contribution >= 0.6 is 0 Å². The zero-order valence-corrected chi connectivity index (χ0v) is 18.2. The molecule has 0 aliphatic heterocycles. The van der Waals surface area contributed by atoms with Crippen LogP contribution in [0, 0.1) is 5.92 Å². The highest BCUT2D eigenvalue weighted by atomic mass is 19.4. The third-order valence-electron chi connectivity index (χ3n) is 4.53. The number of alkyl halides is 3. The molecule has 0 atom stereocenters. The first-order valence-electron chi connectivity index (χ1n) is 9.93. The molecule has 2 amide bonds. The number of rotatable bonds is 8. The molecule has 0 spiro atoms. The lowest BCUT2D eigenvalue weighted by atomic mass is 10.1. The Bertz CT molecular complexity index is 961. The Morgan fingerprint density at radius 2 is 1.81 bits per heavy atom. The second-order valence-corrected chi connectivity index (χ2v) is 7.55. The number of nitrogens with one attached hydrogen (secondary N) is 2. The van der Waals surface area contributed by atoms with Crippen LogP contribution in [-0.4, -0.2) is 13.1 Å². The SMILES string of the molecule is COc1cc(N(N)/C=C(\N)CCC(C)C)ccc1NC(=O)Nc1ccccc1C(F)(F)F. The first-order valence-corrected chi connectivity index (χ1v) is 9.93. The minimum Gasteiger partial charge on any atom is -0.494 e. The van der Waals surface area contributed by atoms with Crippen molar-refractivity contribution >= 4 is 23.1 Å². The van der Waals surface area contributed by atoms with Crippen molar-refractivity contribution in [3.8, 4) is 5.75 Å². The minimum atomic E-state index is -4.60. The molecule has 7 nitrogen and oxygen atoms in total. The quantitative estimate of drug-likeness (QED) is 0.323. The molecule has 174 valence electrons. The smallest absolute Gasteiger partial charge is 0.418 e. The predicted molar refractivity (Wildman–Crippen MR) is 120 cm³/mol. The number of anilines is 3. The molecular weight excluding hydrogens is 423 g/mol. The summed E-state index contributed by atoms with van der Waals surface area (Å²) in [6, 6.07) is 8.58. The van der Waals surface area contributed by atoms with Gasteiger partial charge in [-0.05, 0) is 43.0 Å². The molecule has 10 heteroatoms. The number of allylic oxidation sites excluding steroid dienone is 1. The van der Waals surface area contributed by atoms with E-state index >= 15 is 0 Å². The molecule has 32 heavy (non-hydrogen) atoms. The summed E-state index contributed by atoms with van der Waals surface area (Å²) >= 11 is 0. The van der Waals surface area contributed by atoms with Gasteiger partial charge >= 0.3 is 12.2 Å². The second kappa shape index (κ2) is 10.8. The van der Waals surface area contributed by atoms with Crippen LogP contribution in [0.2, 0.25) is 0 Å². The van der Waals surface area contributed by atoms with E-state index in [4.69, 9.17) is 16.3 Å². The van der Waals surface area contributed by atoms with Crippen molar-refractivity contribution in [1.29, 1.82) is 0 Å². The molecule has 0 fully saturated rings. The fourth-order valence-electron chi connectivity index (χ4n) is 2.83. The fourth-order valence-corrected chi connectivity index (χ4v) is 2.83. The number of benzene rings is 2. The maximum absolute atomic E-state index is 13.1. The van der Waals surface area contributed by atoms with Crippen molar-refractivity contribution in [2.45, 2.75) is 32.9 Å². The third kappa shape index (κ3) is 7.09. The lowest BCUT2D eigenvalue weighted by molar-refractivity contribution is -0.136. The number of para-hydroxylation sites is 1. The topological polar surface area (TPSA) is 106 Å². The van der Waals surface area contributed by atoms with E-state index in [1.165, 1.54) is 36.4 Å². The number of carbonyl (C=O) groups is 1. The first-order chi connectivity index (χ1) is 15.0. The number of amides is 2. The second-order valence-electron chi connectivity index (χ2n) is 7.55. The van der Waals surface area contributed by atoms with Crippen LogP contribution in [0.15, 0.2) is 54.4 Å². The maximum atomic E-state index is 13.1. The molecular formula is C22H28F3N5O2. The molecule has 0 radical (unpaired) electrons. The summed E-state index contributed by atoms with van der Waals surface area (Å²) in [7, 11) is 1.40. The molecule has 2 aromatic carbocycles. The van der Waals surface area contributed by atoms with Gasteiger partial charge in [-0.25, -0.2) is 10.6 Å². The summed E-state index contributed by atoms with van der Waals surface area (Å²) < 4.78 is 44.7. The average Bonchev–Trinajstić information content (AvgIpc) is 2.72. The van der Waals surface area contributed by atoms with Crippen LogP contribution in [0.4, 0.5) is 35.0 Å². The van der Waals surface area contributed by atoms with Gasteiger partial charge in [-0.15, -0.1) is 0 Å². The summed E-state index contributed by atoms with van der Waals surface area (Å²) in [6.07, 6.45) is -1.37. The molecule has 2 aromatic rings. The van der Waals surface area contributed by atoms with Gasteiger partial charge in [0.1, 0.15) is 5.75 Å². The van der Waals surface area contributed by atoms with E-state index in [0.717, 1.165) is 12.5 Å². The van der Waals surface area contributed by atoms with Crippen molar-refractivity contribution < 1.29 is 22.7 Å². The van der Waals surface area contributed by atoms with Gasteiger partial charge in [0, 0.05) is 18.0 Å². The Morgan fingerprint density at radius 1 is 1.16 bits per heavy atom. The molecule has 0 aromatic heterocycles. The number of nitrogens with zero attached hydrogens (tertiary/aromatic N) is 1. The number of nitrogens with two attached hydrogens (primary N) is 2. The van der Waals surface area contributed by atoms with Gasteiger partial charge in [0.15, 0.2) is 0 Å². The monoisotopic (exact) mass is 451 g/mol. The van der Waals surface area contributed by atoms with Gasteiger partial charge in [-0.3, -0.25) is 5.01 Å². The Morgan fingerprint density at radius 3 is 2.44 bits per heavy atom. The van der Waals surface area contributed by atoms with Crippen molar-refractivity contribution in [2.75, 3.05) is 22.8 Å². The molecule has 0 aliphatic carbocycles. The molecule has 2 rings (SSSR count). The molecule has 0 saturated carbocycles. The molecule has 6 N–H and O–H groups in total. The van der Waals surface area contributed by atoms with Crippen LogP contribution in [0.3, 0.4) is 0 Å². The lowest BCUT2D eigenvalue weighted by Crippen LogP contribution is -2.26. The van der Waals surface area contributed by atoms with Gasteiger partial charge in [0.25, 0.3) is 0 Å². The van der Waals surface area contributed by atoms with E-state index in [2.05, 4.69) is 24.5 Å². The van der Waals surface area contributed by atoms with Gasteiger partial charge in [0.2, 0.25) is 0 Å². The normalized spacial score (nSPS) is 11.9. The van der Waals surface area contributed by atoms with E-state index in [1.807, 2.05) is 0 Å². The van der Waals surface area contributed by atoms with E-state index in [1.54, 1.807) is 18.3 Å². The van der Waals surface area contributed by atoms with Gasteiger partial charge in [0.05, 0.1) is 29.7 Å². The highest BCUT2D eigenvalue weighted by Crippen LogP contribution is 2.35. The first kappa shape index (κ1) is 24.9. The number of methoxy groups -OCH3 is 1. The van der Waals surface area contributed by atoms with E-state index < -0.39 is 17.8 Å². The number of hydrogen-bond donors (Lipinski definition) is 4. The molecule has 0 unspecified atom stereocenters. The van der Waals surface area contributed by atoms with Crippen LogP contribution in [0.1, 0.15) is 32.3 Å². The van der Waals surface area contributed by atoms with E-state index in [-0.39, 0.29) is 17.1 Å². The van der Waals surface area contributed by atoms with Crippen molar-refractivity contribution in [2.24, 2.45) is 17.5 Å². The largest absolute Gasteiger partial charge is 0.494 e. The van der Waals surface area contributed by atoms with Crippen LogP contribution in [0.5, 0.6) is 5.75 Å². The lowest BCUT2D eigenvalue weighted by Gasteiger charge is -2.19. The Labute approximate surface area is 185 Å². The number of ether oxygens (including phenoxy) is 1. The Hall–Kier alpha value is -3.40. The van der Waals surface area contributed by atoms with E-state index in [9.17, 15) is 18.0 Å². The van der Waals surface area contributed by atoms with Crippen LogP contribution < -0.4 is 32.0 Å². The number of halogens is 3. The summed E-state index contributed by atoms with van der Waals surface area (Å²) in [5.74, 6) is 6.83. The Kier molecular flexibility index (Phi) is 8.36.